The maximum Gasteiger partial charge on any atom is 0.272 e. The highest BCUT2D eigenvalue weighted by atomic mass is 32.1. The van der Waals surface area contributed by atoms with Crippen molar-refractivity contribution in [2.45, 2.75) is 19.5 Å². The second-order valence-electron chi connectivity index (χ2n) is 5.32. The third kappa shape index (κ3) is 5.64. The molecule has 128 valence electrons. The number of hydrazine groups is 1. The van der Waals surface area contributed by atoms with Crippen LogP contribution in [0.5, 0.6) is 0 Å². The largest absolute Gasteiger partial charge is 0.383 e. The number of carbonyl (C=O) groups excluding carboxylic acids is 1. The van der Waals surface area contributed by atoms with Crippen molar-refractivity contribution in [2.75, 3.05) is 13.7 Å². The number of rotatable bonds is 6. The molecule has 0 bridgehead atoms. The molecule has 24 heavy (non-hydrogen) atoms. The molecule has 8 heteroatoms. The first-order valence-electron chi connectivity index (χ1n) is 7.50. The molecule has 2 rings (SSSR count). The number of aromatic nitrogens is 2. The Hall–Kier alpha value is -2.45. The molecule has 7 nitrogen and oxygen atoms in total. The maximum atomic E-state index is 12.1. The number of nitrogens with zero attached hydrogens (tertiary/aromatic N) is 2. The van der Waals surface area contributed by atoms with E-state index < -0.39 is 0 Å². The molecule has 0 unspecified atom stereocenters. The van der Waals surface area contributed by atoms with Gasteiger partial charge in [-0.3, -0.25) is 20.3 Å². The molecule has 1 heterocycles. The van der Waals surface area contributed by atoms with Crippen LogP contribution in [-0.2, 0) is 11.3 Å². The highest BCUT2D eigenvalue weighted by Gasteiger charge is 2.10. The summed E-state index contributed by atoms with van der Waals surface area (Å²) in [6.07, 6.45) is 3.21. The number of ether oxygens (including phenoxy) is 1. The molecule has 0 fully saturated rings. The average Bonchev–Trinajstić information content (AvgIpc) is 3.02. The third-order valence-corrected chi connectivity index (χ3v) is 3.39. The van der Waals surface area contributed by atoms with Crippen LogP contribution in [0.15, 0.2) is 42.7 Å². The van der Waals surface area contributed by atoms with Gasteiger partial charge in [-0.05, 0) is 24.7 Å². The Kier molecular flexibility index (Phi) is 6.71. The first kappa shape index (κ1) is 17.9. The number of hydrogen-bond donors (Lipinski definition) is 3. The Morgan fingerprint density at radius 1 is 1.33 bits per heavy atom. The zero-order chi connectivity index (χ0) is 17.4. The summed E-state index contributed by atoms with van der Waals surface area (Å²) in [5, 5.41) is 7.50. The fraction of sp³-hybridized carbons (Fsp3) is 0.312. The van der Waals surface area contributed by atoms with Gasteiger partial charge in [0, 0.05) is 19.3 Å². The van der Waals surface area contributed by atoms with Crippen molar-refractivity contribution in [3.8, 4) is 0 Å². The monoisotopic (exact) mass is 347 g/mol. The molecule has 1 atom stereocenters. The summed E-state index contributed by atoms with van der Waals surface area (Å²) in [6, 6.07) is 9.95. The van der Waals surface area contributed by atoms with Crippen LogP contribution in [0.4, 0.5) is 0 Å². The van der Waals surface area contributed by atoms with Gasteiger partial charge in [0.05, 0.1) is 24.9 Å². The van der Waals surface area contributed by atoms with Gasteiger partial charge in [0.25, 0.3) is 5.91 Å². The van der Waals surface area contributed by atoms with E-state index in [0.717, 1.165) is 5.56 Å². The van der Waals surface area contributed by atoms with Gasteiger partial charge in [0.15, 0.2) is 5.11 Å². The SMILES string of the molecule is COC[C@@H](C)NC(=S)NNC(=O)c1cnn(Cc2ccccc2)c1. The molecule has 0 aliphatic heterocycles. The molecule has 1 amide bonds. The minimum Gasteiger partial charge on any atom is -0.383 e. The number of nitrogens with one attached hydrogen (secondary N) is 3. The molecule has 0 spiro atoms. The van der Waals surface area contributed by atoms with Crippen molar-refractivity contribution in [1.29, 1.82) is 0 Å². The molecule has 0 aliphatic rings. The standard InChI is InChI=1S/C16H21N5O2S/c1-12(11-23-2)18-16(24)20-19-15(22)14-8-17-21(10-14)9-13-6-4-3-5-7-13/h3-8,10,12H,9,11H2,1-2H3,(H,19,22)(H2,18,20,24)/t12-/m1/s1. The minimum atomic E-state index is -0.308. The molecule has 0 saturated heterocycles. The summed E-state index contributed by atoms with van der Waals surface area (Å²) in [7, 11) is 1.61. The number of benzene rings is 1. The van der Waals surface area contributed by atoms with Crippen LogP contribution in [0, 0.1) is 0 Å². The van der Waals surface area contributed by atoms with Crippen molar-refractivity contribution >= 4 is 23.2 Å². The van der Waals surface area contributed by atoms with E-state index in [1.807, 2.05) is 37.3 Å². The molecule has 0 aliphatic carbocycles. The topological polar surface area (TPSA) is 80.2 Å². The summed E-state index contributed by atoms with van der Waals surface area (Å²) in [5.41, 5.74) is 6.76. The summed E-state index contributed by atoms with van der Waals surface area (Å²) in [4.78, 5) is 12.1. The molecular formula is C16H21N5O2S. The van der Waals surface area contributed by atoms with Gasteiger partial charge in [-0.2, -0.15) is 5.10 Å². The van der Waals surface area contributed by atoms with Crippen molar-refractivity contribution < 1.29 is 9.53 Å². The molecular weight excluding hydrogens is 326 g/mol. The van der Waals surface area contributed by atoms with E-state index in [-0.39, 0.29) is 11.9 Å². The minimum absolute atomic E-state index is 0.0422. The third-order valence-electron chi connectivity index (χ3n) is 3.17. The van der Waals surface area contributed by atoms with E-state index >= 15 is 0 Å². The van der Waals surface area contributed by atoms with Crippen LogP contribution in [0.25, 0.3) is 0 Å². The lowest BCUT2D eigenvalue weighted by Crippen LogP contribution is -2.49. The maximum absolute atomic E-state index is 12.1. The van der Waals surface area contributed by atoms with Crippen LogP contribution in [0.3, 0.4) is 0 Å². The number of hydrogen-bond acceptors (Lipinski definition) is 4. The molecule has 2 aromatic rings. The van der Waals surface area contributed by atoms with Crippen LogP contribution in [-0.4, -0.2) is 40.6 Å². The van der Waals surface area contributed by atoms with Crippen molar-refractivity contribution in [3.05, 3.63) is 53.9 Å². The van der Waals surface area contributed by atoms with Gasteiger partial charge in [-0.15, -0.1) is 0 Å². The van der Waals surface area contributed by atoms with E-state index in [0.29, 0.717) is 23.8 Å². The lowest BCUT2D eigenvalue weighted by atomic mass is 10.2. The molecule has 3 N–H and O–H groups in total. The van der Waals surface area contributed by atoms with E-state index in [1.54, 1.807) is 18.0 Å². The first-order chi connectivity index (χ1) is 11.6. The molecule has 1 aromatic heterocycles. The highest BCUT2D eigenvalue weighted by molar-refractivity contribution is 7.80. The second kappa shape index (κ2) is 8.99. The number of carbonyl (C=O) groups is 1. The Morgan fingerprint density at radius 2 is 2.08 bits per heavy atom. The smallest absolute Gasteiger partial charge is 0.272 e. The van der Waals surface area contributed by atoms with Gasteiger partial charge in [-0.25, -0.2) is 0 Å². The van der Waals surface area contributed by atoms with E-state index in [4.69, 9.17) is 17.0 Å². The van der Waals surface area contributed by atoms with Crippen molar-refractivity contribution in [2.24, 2.45) is 0 Å². The fourth-order valence-electron chi connectivity index (χ4n) is 2.08. The number of methoxy groups -OCH3 is 1. The summed E-state index contributed by atoms with van der Waals surface area (Å²) < 4.78 is 6.71. The predicted molar refractivity (Wildman–Crippen MR) is 95.4 cm³/mol. The lowest BCUT2D eigenvalue weighted by Gasteiger charge is -2.16. The predicted octanol–water partition coefficient (Wildman–Crippen LogP) is 1.08. The normalized spacial score (nSPS) is 11.6. The highest BCUT2D eigenvalue weighted by Crippen LogP contribution is 2.03. The quantitative estimate of drug-likeness (QED) is 0.536. The second-order valence-corrected chi connectivity index (χ2v) is 5.73. The van der Waals surface area contributed by atoms with Gasteiger partial charge >= 0.3 is 0 Å². The van der Waals surface area contributed by atoms with E-state index in [2.05, 4.69) is 21.3 Å². The zero-order valence-electron chi connectivity index (χ0n) is 13.7. The van der Waals surface area contributed by atoms with Crippen molar-refractivity contribution in [3.63, 3.8) is 0 Å². The van der Waals surface area contributed by atoms with Crippen LogP contribution in [0.2, 0.25) is 0 Å². The Morgan fingerprint density at radius 3 is 2.79 bits per heavy atom. The first-order valence-corrected chi connectivity index (χ1v) is 7.91. The van der Waals surface area contributed by atoms with Gasteiger partial charge < -0.3 is 10.1 Å². The summed E-state index contributed by atoms with van der Waals surface area (Å²) >= 11 is 5.09. The van der Waals surface area contributed by atoms with E-state index in [1.165, 1.54) is 6.20 Å². The fourth-order valence-corrected chi connectivity index (χ4v) is 2.33. The van der Waals surface area contributed by atoms with Gasteiger partial charge in [0.1, 0.15) is 0 Å². The lowest BCUT2D eigenvalue weighted by molar-refractivity contribution is 0.0943. The zero-order valence-corrected chi connectivity index (χ0v) is 14.5. The summed E-state index contributed by atoms with van der Waals surface area (Å²) in [6.45, 7) is 3.05. The molecule has 1 aromatic carbocycles. The van der Waals surface area contributed by atoms with Crippen molar-refractivity contribution in [1.82, 2.24) is 25.9 Å². The summed E-state index contributed by atoms with van der Waals surface area (Å²) in [5.74, 6) is -0.308. The Bertz CT molecular complexity index is 674. The Balaban J connectivity index is 1.82. The van der Waals surface area contributed by atoms with E-state index in [9.17, 15) is 4.79 Å². The molecule has 0 radical (unpaired) electrons. The van der Waals surface area contributed by atoms with Gasteiger partial charge in [-0.1, -0.05) is 30.3 Å². The van der Waals surface area contributed by atoms with Crippen LogP contribution >= 0.6 is 12.2 Å². The molecule has 0 saturated carbocycles. The number of thiocarbonyl (C=S) groups is 1. The Labute approximate surface area is 146 Å². The average molecular weight is 347 g/mol. The van der Waals surface area contributed by atoms with Crippen LogP contribution in [0.1, 0.15) is 22.8 Å². The number of amides is 1. The van der Waals surface area contributed by atoms with Gasteiger partial charge in [0.2, 0.25) is 0 Å². The van der Waals surface area contributed by atoms with Crippen LogP contribution < -0.4 is 16.2 Å².